The Kier molecular flexibility index (Phi) is 10.6. The van der Waals surface area contributed by atoms with Gasteiger partial charge in [0.2, 0.25) is 5.91 Å². The largest absolute Gasteiger partial charge is 0.484 e. The number of hydrogen-bond acceptors (Lipinski definition) is 7. The van der Waals surface area contributed by atoms with E-state index in [2.05, 4.69) is 10.6 Å². The number of carbonyl (C=O) groups excluding carboxylic acids is 4. The highest BCUT2D eigenvalue weighted by Gasteiger charge is 2.47. The molecule has 0 spiro atoms. The number of urea groups is 1. The Labute approximate surface area is 254 Å². The van der Waals surface area contributed by atoms with Crippen molar-refractivity contribution in [3.05, 3.63) is 95.3 Å². The fourth-order valence-electron chi connectivity index (χ4n) is 5.01. The minimum absolute atomic E-state index is 0.0591. The maximum absolute atomic E-state index is 14.6. The van der Waals surface area contributed by atoms with Crippen LogP contribution in [0.1, 0.15) is 35.6 Å². The van der Waals surface area contributed by atoms with Gasteiger partial charge in [0, 0.05) is 19.0 Å². The van der Waals surface area contributed by atoms with Gasteiger partial charge in [-0.05, 0) is 47.9 Å². The summed E-state index contributed by atoms with van der Waals surface area (Å²) < 4.78 is 20.2. The van der Waals surface area contributed by atoms with Crippen LogP contribution in [0, 0.1) is 12.7 Å². The minimum atomic E-state index is -1.30. The second kappa shape index (κ2) is 14.6. The van der Waals surface area contributed by atoms with E-state index < -0.39 is 47.6 Å². The Hall–Kier alpha value is -4.81. The van der Waals surface area contributed by atoms with Gasteiger partial charge in [-0.3, -0.25) is 14.4 Å². The highest BCUT2D eigenvalue weighted by molar-refractivity contribution is 6.10. The molecule has 44 heavy (non-hydrogen) atoms. The molecule has 4 rings (SSSR count). The van der Waals surface area contributed by atoms with E-state index in [9.17, 15) is 23.6 Å². The van der Waals surface area contributed by atoms with E-state index in [0.717, 1.165) is 4.90 Å². The molecular formula is C32H35FN4O7. The zero-order chi connectivity index (χ0) is 31.8. The van der Waals surface area contributed by atoms with Crippen LogP contribution >= 0.6 is 0 Å². The lowest BCUT2D eigenvalue weighted by molar-refractivity contribution is -0.134. The van der Waals surface area contributed by atoms with E-state index >= 15 is 0 Å². The van der Waals surface area contributed by atoms with Gasteiger partial charge in [0.05, 0.1) is 18.9 Å². The van der Waals surface area contributed by atoms with Crippen LogP contribution in [0.2, 0.25) is 0 Å². The standard InChI is InChI=1S/C32H35FN4O7/c1-20-8-13-26(25(33)18-20)34-30(41)29(21(2)22-6-4-3-5-7-22)37-31(42)28(35-32(37)43)23-9-11-24(12-10-23)44-19-27(40)36(14-16-38)15-17-39/h3-13,18,21,28-29,38-39H,14-17,19H2,1-2H3,(H,34,41)(H,35,43)/t21?,28-,29?/m1/s1. The van der Waals surface area contributed by atoms with Gasteiger partial charge in [-0.25, -0.2) is 14.1 Å². The average molecular weight is 607 g/mol. The molecule has 0 bridgehead atoms. The van der Waals surface area contributed by atoms with E-state index in [1.54, 1.807) is 62.4 Å². The Balaban J connectivity index is 1.53. The zero-order valence-electron chi connectivity index (χ0n) is 24.4. The predicted molar refractivity (Wildman–Crippen MR) is 159 cm³/mol. The van der Waals surface area contributed by atoms with Crippen molar-refractivity contribution in [3.8, 4) is 5.75 Å². The minimum Gasteiger partial charge on any atom is -0.484 e. The maximum atomic E-state index is 14.6. The second-order valence-electron chi connectivity index (χ2n) is 10.4. The smallest absolute Gasteiger partial charge is 0.325 e. The number of benzene rings is 3. The van der Waals surface area contributed by atoms with Crippen molar-refractivity contribution in [1.82, 2.24) is 15.1 Å². The molecule has 12 heteroatoms. The first kappa shape index (κ1) is 32.1. The number of amides is 5. The first-order valence-electron chi connectivity index (χ1n) is 14.1. The molecule has 3 atom stereocenters. The number of aryl methyl sites for hydroxylation is 1. The molecule has 1 heterocycles. The fraction of sp³-hybridized carbons (Fsp3) is 0.312. The summed E-state index contributed by atoms with van der Waals surface area (Å²) >= 11 is 0. The first-order valence-corrected chi connectivity index (χ1v) is 14.1. The van der Waals surface area contributed by atoms with Gasteiger partial charge in [0.15, 0.2) is 6.61 Å². The molecule has 5 amide bonds. The Morgan fingerprint density at radius 2 is 1.68 bits per heavy atom. The normalized spacial score (nSPS) is 15.8. The first-order chi connectivity index (χ1) is 21.1. The molecule has 0 aliphatic carbocycles. The van der Waals surface area contributed by atoms with Gasteiger partial charge >= 0.3 is 6.03 Å². The number of aliphatic hydroxyl groups is 2. The number of hydrogen-bond donors (Lipinski definition) is 4. The van der Waals surface area contributed by atoms with Crippen molar-refractivity contribution in [3.63, 3.8) is 0 Å². The van der Waals surface area contributed by atoms with Gasteiger partial charge in [-0.1, -0.05) is 55.5 Å². The summed E-state index contributed by atoms with van der Waals surface area (Å²) in [5, 5.41) is 23.4. The third-order valence-corrected chi connectivity index (χ3v) is 7.37. The monoisotopic (exact) mass is 606 g/mol. The number of aliphatic hydroxyl groups excluding tert-OH is 2. The summed E-state index contributed by atoms with van der Waals surface area (Å²) in [5.41, 5.74) is 1.72. The van der Waals surface area contributed by atoms with E-state index in [4.69, 9.17) is 14.9 Å². The fourth-order valence-corrected chi connectivity index (χ4v) is 5.01. The van der Waals surface area contributed by atoms with Crippen LogP contribution in [-0.4, -0.2) is 82.7 Å². The van der Waals surface area contributed by atoms with Crippen LogP contribution in [0.15, 0.2) is 72.8 Å². The van der Waals surface area contributed by atoms with Gasteiger partial charge in [0.25, 0.3) is 11.8 Å². The predicted octanol–water partition coefficient (Wildman–Crippen LogP) is 2.73. The number of carbonyl (C=O) groups is 4. The van der Waals surface area contributed by atoms with E-state index in [1.165, 1.54) is 29.2 Å². The zero-order valence-corrected chi connectivity index (χ0v) is 24.4. The Morgan fingerprint density at radius 3 is 2.30 bits per heavy atom. The number of nitrogens with one attached hydrogen (secondary N) is 2. The third-order valence-electron chi connectivity index (χ3n) is 7.37. The molecule has 1 aliphatic rings. The third kappa shape index (κ3) is 7.39. The van der Waals surface area contributed by atoms with Crippen LogP contribution in [0.5, 0.6) is 5.75 Å². The molecule has 0 radical (unpaired) electrons. The van der Waals surface area contributed by atoms with Crippen molar-refractivity contribution in [2.75, 3.05) is 38.2 Å². The quantitative estimate of drug-likeness (QED) is 0.219. The van der Waals surface area contributed by atoms with Crippen LogP contribution in [-0.2, 0) is 14.4 Å². The summed E-state index contributed by atoms with van der Waals surface area (Å²) in [4.78, 5) is 55.1. The second-order valence-corrected chi connectivity index (χ2v) is 10.4. The highest BCUT2D eigenvalue weighted by Crippen LogP contribution is 2.32. The van der Waals surface area contributed by atoms with Crippen molar-refractivity contribution in [2.24, 2.45) is 0 Å². The lowest BCUT2D eigenvalue weighted by Gasteiger charge is -2.30. The Morgan fingerprint density at radius 1 is 1.02 bits per heavy atom. The lowest BCUT2D eigenvalue weighted by atomic mass is 9.91. The molecule has 0 aromatic heterocycles. The van der Waals surface area contributed by atoms with Crippen LogP contribution in [0.3, 0.4) is 0 Å². The summed E-state index contributed by atoms with van der Waals surface area (Å²) in [7, 11) is 0. The molecule has 3 aromatic rings. The van der Waals surface area contributed by atoms with Gasteiger partial charge in [-0.2, -0.15) is 0 Å². The van der Waals surface area contributed by atoms with Crippen molar-refractivity contribution >= 4 is 29.4 Å². The molecule has 4 N–H and O–H groups in total. The van der Waals surface area contributed by atoms with E-state index in [1.807, 2.05) is 0 Å². The molecule has 2 unspecified atom stereocenters. The number of nitrogens with zero attached hydrogens (tertiary/aromatic N) is 2. The molecule has 1 fully saturated rings. The topological polar surface area (TPSA) is 149 Å². The van der Waals surface area contributed by atoms with E-state index in [-0.39, 0.29) is 38.6 Å². The van der Waals surface area contributed by atoms with Gasteiger partial charge in [-0.15, -0.1) is 0 Å². The SMILES string of the molecule is Cc1ccc(NC(=O)C(C(C)c2ccccc2)N2C(=O)N[C@H](c3ccc(OCC(=O)N(CCO)CCO)cc3)C2=O)c(F)c1. The molecule has 232 valence electrons. The summed E-state index contributed by atoms with van der Waals surface area (Å²) in [5.74, 6) is -2.76. The molecule has 1 aliphatic heterocycles. The molecular weight excluding hydrogens is 571 g/mol. The molecule has 3 aromatic carbocycles. The van der Waals surface area contributed by atoms with Crippen molar-refractivity contribution in [2.45, 2.75) is 31.8 Å². The summed E-state index contributed by atoms with van der Waals surface area (Å²) in [6, 6.07) is 16.3. The number of ether oxygens (including phenoxy) is 1. The number of rotatable bonds is 13. The number of imide groups is 1. The van der Waals surface area contributed by atoms with Crippen LogP contribution in [0.4, 0.5) is 14.9 Å². The van der Waals surface area contributed by atoms with Crippen LogP contribution < -0.4 is 15.4 Å². The Bertz CT molecular complexity index is 1480. The van der Waals surface area contributed by atoms with Crippen molar-refractivity contribution < 1.29 is 38.5 Å². The van der Waals surface area contributed by atoms with Gasteiger partial charge < -0.3 is 30.5 Å². The van der Waals surface area contributed by atoms with E-state index in [0.29, 0.717) is 22.4 Å². The molecule has 1 saturated heterocycles. The summed E-state index contributed by atoms with van der Waals surface area (Å²) in [6.45, 7) is 2.71. The van der Waals surface area contributed by atoms with Gasteiger partial charge in [0.1, 0.15) is 23.7 Å². The average Bonchev–Trinajstić information content (AvgIpc) is 3.31. The summed E-state index contributed by atoms with van der Waals surface area (Å²) in [6.07, 6.45) is 0. The maximum Gasteiger partial charge on any atom is 0.325 e. The number of anilines is 1. The highest BCUT2D eigenvalue weighted by atomic mass is 19.1. The lowest BCUT2D eigenvalue weighted by Crippen LogP contribution is -2.50. The molecule has 0 saturated carbocycles. The molecule has 11 nitrogen and oxygen atoms in total. The van der Waals surface area contributed by atoms with Crippen LogP contribution in [0.25, 0.3) is 0 Å². The van der Waals surface area contributed by atoms with Crippen molar-refractivity contribution in [1.29, 1.82) is 0 Å². The number of halogens is 1.